The summed E-state index contributed by atoms with van der Waals surface area (Å²) in [5.41, 5.74) is 4.53. The predicted octanol–water partition coefficient (Wildman–Crippen LogP) is -0.325. The van der Waals surface area contributed by atoms with Crippen molar-refractivity contribution >= 4 is 11.9 Å². The molecular weight excluding hydrogens is 246 g/mol. The highest BCUT2D eigenvalue weighted by atomic mass is 16.4. The number of nitrogens with zero attached hydrogens (tertiary/aromatic N) is 2. The number of nitrogens with two attached hydrogens (primary N) is 1. The lowest BCUT2D eigenvalue weighted by Crippen LogP contribution is -2.51. The Kier molecular flexibility index (Phi) is 5.26. The van der Waals surface area contributed by atoms with Gasteiger partial charge < -0.3 is 15.7 Å². The summed E-state index contributed by atoms with van der Waals surface area (Å²) in [4.78, 5) is 26.5. The molecule has 6 heteroatoms. The first-order valence-electron chi connectivity index (χ1n) is 6.17. The van der Waals surface area contributed by atoms with Crippen molar-refractivity contribution < 1.29 is 14.7 Å². The van der Waals surface area contributed by atoms with Crippen molar-refractivity contribution in [1.29, 1.82) is 0 Å². The first kappa shape index (κ1) is 15.4. The summed E-state index contributed by atoms with van der Waals surface area (Å²) in [6, 6.07) is 0. The molecule has 3 N–H and O–H groups in total. The SMILES string of the molecule is C=CCN(CC=C)C(=O)CN1CCC(N)(C(=O)O)C1. The lowest BCUT2D eigenvalue weighted by Gasteiger charge is -2.24. The van der Waals surface area contributed by atoms with E-state index in [2.05, 4.69) is 13.2 Å². The molecule has 1 aliphatic heterocycles. The van der Waals surface area contributed by atoms with Crippen LogP contribution >= 0.6 is 0 Å². The molecule has 1 fully saturated rings. The van der Waals surface area contributed by atoms with Crippen LogP contribution in [0.4, 0.5) is 0 Å². The molecule has 0 spiro atoms. The van der Waals surface area contributed by atoms with Crippen LogP contribution in [0.3, 0.4) is 0 Å². The number of carbonyl (C=O) groups is 2. The maximum Gasteiger partial charge on any atom is 0.325 e. The van der Waals surface area contributed by atoms with Crippen LogP contribution in [0.25, 0.3) is 0 Å². The normalized spacial score (nSPS) is 23.0. The molecule has 0 saturated carbocycles. The summed E-state index contributed by atoms with van der Waals surface area (Å²) in [5, 5.41) is 9.03. The quantitative estimate of drug-likeness (QED) is 0.617. The van der Waals surface area contributed by atoms with Gasteiger partial charge in [-0.15, -0.1) is 13.2 Å². The van der Waals surface area contributed by atoms with Crippen LogP contribution in [0.2, 0.25) is 0 Å². The Morgan fingerprint density at radius 1 is 1.37 bits per heavy atom. The van der Waals surface area contributed by atoms with Crippen LogP contribution in [0.15, 0.2) is 25.3 Å². The second-order valence-electron chi connectivity index (χ2n) is 4.80. The largest absolute Gasteiger partial charge is 0.480 e. The summed E-state index contributed by atoms with van der Waals surface area (Å²) in [6.45, 7) is 9.00. The van der Waals surface area contributed by atoms with Gasteiger partial charge in [-0.05, 0) is 6.42 Å². The van der Waals surface area contributed by atoms with Crippen molar-refractivity contribution in [3.8, 4) is 0 Å². The highest BCUT2D eigenvalue weighted by Gasteiger charge is 2.41. The predicted molar refractivity (Wildman–Crippen MR) is 72.6 cm³/mol. The van der Waals surface area contributed by atoms with E-state index in [1.807, 2.05) is 0 Å². The number of likely N-dealkylation sites (tertiary alicyclic amines) is 1. The van der Waals surface area contributed by atoms with Gasteiger partial charge in [0.05, 0.1) is 6.54 Å². The minimum Gasteiger partial charge on any atom is -0.480 e. The molecular formula is C13H21N3O3. The van der Waals surface area contributed by atoms with E-state index < -0.39 is 11.5 Å². The lowest BCUT2D eigenvalue weighted by molar-refractivity contribution is -0.143. The van der Waals surface area contributed by atoms with Crippen LogP contribution in [-0.4, -0.2) is 65.0 Å². The number of carboxylic acids is 1. The smallest absolute Gasteiger partial charge is 0.325 e. The average molecular weight is 267 g/mol. The summed E-state index contributed by atoms with van der Waals surface area (Å²) in [6.07, 6.45) is 3.66. The number of hydrogen-bond acceptors (Lipinski definition) is 4. The third-order valence-corrected chi connectivity index (χ3v) is 3.22. The third kappa shape index (κ3) is 3.90. The van der Waals surface area contributed by atoms with Crippen LogP contribution in [0.1, 0.15) is 6.42 Å². The zero-order chi connectivity index (χ0) is 14.5. The molecule has 1 rings (SSSR count). The van der Waals surface area contributed by atoms with Gasteiger partial charge in [-0.2, -0.15) is 0 Å². The fourth-order valence-electron chi connectivity index (χ4n) is 2.11. The number of amides is 1. The van der Waals surface area contributed by atoms with E-state index in [1.165, 1.54) is 0 Å². The lowest BCUT2D eigenvalue weighted by atomic mass is 10.0. The monoisotopic (exact) mass is 267 g/mol. The molecule has 1 atom stereocenters. The highest BCUT2D eigenvalue weighted by Crippen LogP contribution is 2.18. The molecule has 0 aliphatic carbocycles. The number of rotatable bonds is 7. The molecule has 6 nitrogen and oxygen atoms in total. The minimum atomic E-state index is -1.23. The number of aliphatic carboxylic acids is 1. The Morgan fingerprint density at radius 2 is 1.95 bits per heavy atom. The molecule has 1 saturated heterocycles. The van der Waals surface area contributed by atoms with Gasteiger partial charge in [0.2, 0.25) is 5.91 Å². The molecule has 0 bridgehead atoms. The summed E-state index contributed by atoms with van der Waals surface area (Å²) in [7, 11) is 0. The van der Waals surface area contributed by atoms with E-state index in [0.717, 1.165) is 0 Å². The Labute approximate surface area is 113 Å². The molecule has 1 heterocycles. The first-order valence-corrected chi connectivity index (χ1v) is 6.17. The summed E-state index contributed by atoms with van der Waals surface area (Å²) in [5.74, 6) is -1.09. The molecule has 0 aromatic rings. The second kappa shape index (κ2) is 6.49. The number of carbonyl (C=O) groups excluding carboxylic acids is 1. The molecule has 106 valence electrons. The van der Waals surface area contributed by atoms with Gasteiger partial charge in [-0.25, -0.2) is 0 Å². The average Bonchev–Trinajstić information content (AvgIpc) is 2.72. The van der Waals surface area contributed by atoms with Crippen LogP contribution in [0.5, 0.6) is 0 Å². The Morgan fingerprint density at radius 3 is 2.37 bits per heavy atom. The van der Waals surface area contributed by atoms with Gasteiger partial charge in [0.25, 0.3) is 0 Å². The van der Waals surface area contributed by atoms with E-state index in [4.69, 9.17) is 10.8 Å². The second-order valence-corrected chi connectivity index (χ2v) is 4.80. The molecule has 0 aromatic heterocycles. The fraction of sp³-hybridized carbons (Fsp3) is 0.538. The van der Waals surface area contributed by atoms with Gasteiger partial charge in [0, 0.05) is 26.2 Å². The van der Waals surface area contributed by atoms with E-state index in [-0.39, 0.29) is 19.0 Å². The van der Waals surface area contributed by atoms with E-state index in [9.17, 15) is 9.59 Å². The summed E-state index contributed by atoms with van der Waals surface area (Å²) < 4.78 is 0. The zero-order valence-electron chi connectivity index (χ0n) is 11.0. The maximum absolute atomic E-state index is 12.1. The first-order chi connectivity index (χ1) is 8.92. The van der Waals surface area contributed by atoms with Gasteiger partial charge >= 0.3 is 5.97 Å². The van der Waals surface area contributed by atoms with Gasteiger partial charge in [-0.1, -0.05) is 12.2 Å². The highest BCUT2D eigenvalue weighted by molar-refractivity contribution is 5.81. The van der Waals surface area contributed by atoms with Crippen molar-refractivity contribution in [2.45, 2.75) is 12.0 Å². The van der Waals surface area contributed by atoms with Crippen LogP contribution < -0.4 is 5.73 Å². The Balaban J connectivity index is 2.55. The van der Waals surface area contributed by atoms with Crippen molar-refractivity contribution in [3.63, 3.8) is 0 Å². The van der Waals surface area contributed by atoms with Crippen LogP contribution in [-0.2, 0) is 9.59 Å². The molecule has 1 aliphatic rings. The fourth-order valence-corrected chi connectivity index (χ4v) is 2.11. The molecule has 19 heavy (non-hydrogen) atoms. The van der Waals surface area contributed by atoms with Crippen molar-refractivity contribution in [2.24, 2.45) is 5.73 Å². The number of hydrogen-bond donors (Lipinski definition) is 2. The van der Waals surface area contributed by atoms with Crippen molar-refractivity contribution in [3.05, 3.63) is 25.3 Å². The molecule has 1 unspecified atom stereocenters. The Bertz CT molecular complexity index is 373. The standard InChI is InChI=1S/C13H21N3O3/c1-3-6-16(7-4-2)11(17)9-15-8-5-13(14,10-15)12(18)19/h3-4H,1-2,5-10,14H2,(H,18,19). The van der Waals surface area contributed by atoms with E-state index in [1.54, 1.807) is 22.0 Å². The van der Waals surface area contributed by atoms with Crippen molar-refractivity contribution in [2.75, 3.05) is 32.7 Å². The molecule has 0 radical (unpaired) electrons. The molecule has 1 amide bonds. The van der Waals surface area contributed by atoms with Gasteiger partial charge in [0.15, 0.2) is 0 Å². The van der Waals surface area contributed by atoms with Crippen LogP contribution in [0, 0.1) is 0 Å². The third-order valence-electron chi connectivity index (χ3n) is 3.22. The minimum absolute atomic E-state index is 0.0746. The van der Waals surface area contributed by atoms with Gasteiger partial charge in [0.1, 0.15) is 5.54 Å². The van der Waals surface area contributed by atoms with Crippen molar-refractivity contribution in [1.82, 2.24) is 9.80 Å². The Hall–Kier alpha value is -1.66. The van der Waals surface area contributed by atoms with E-state index in [0.29, 0.717) is 26.1 Å². The van der Waals surface area contributed by atoms with Gasteiger partial charge in [-0.3, -0.25) is 14.5 Å². The van der Waals surface area contributed by atoms with E-state index >= 15 is 0 Å². The molecule has 0 aromatic carbocycles. The summed E-state index contributed by atoms with van der Waals surface area (Å²) >= 11 is 0. The topological polar surface area (TPSA) is 86.9 Å². The zero-order valence-corrected chi connectivity index (χ0v) is 11.0. The number of carboxylic acid groups (broad SMARTS) is 1. The maximum atomic E-state index is 12.1.